The van der Waals surface area contributed by atoms with Crippen molar-refractivity contribution in [2.75, 3.05) is 13.1 Å². The second-order valence-electron chi connectivity index (χ2n) is 5.19. The Morgan fingerprint density at radius 3 is 2.87 bits per heavy atom. The molecule has 2 nitrogen and oxygen atoms in total. The molecule has 86 valence electrons. The van der Waals surface area contributed by atoms with Crippen molar-refractivity contribution in [3.05, 3.63) is 0 Å². The van der Waals surface area contributed by atoms with E-state index in [-0.39, 0.29) is 0 Å². The SMILES string of the molecule is CC(C)CC1CN=C(NCC2CCC2)S1. The van der Waals surface area contributed by atoms with Gasteiger partial charge in [-0.15, -0.1) is 0 Å². The molecular formula is C12H22N2S. The molecule has 0 aromatic rings. The summed E-state index contributed by atoms with van der Waals surface area (Å²) in [6, 6.07) is 0. The van der Waals surface area contributed by atoms with Gasteiger partial charge in [0.2, 0.25) is 0 Å². The third kappa shape index (κ3) is 3.40. The molecule has 0 amide bonds. The van der Waals surface area contributed by atoms with Crippen molar-refractivity contribution < 1.29 is 0 Å². The van der Waals surface area contributed by atoms with Crippen molar-refractivity contribution in [1.82, 2.24) is 5.32 Å². The van der Waals surface area contributed by atoms with E-state index in [4.69, 9.17) is 0 Å². The molecule has 0 aromatic heterocycles. The summed E-state index contributed by atoms with van der Waals surface area (Å²) >= 11 is 1.95. The highest BCUT2D eigenvalue weighted by Gasteiger charge is 2.22. The van der Waals surface area contributed by atoms with Crippen molar-refractivity contribution in [1.29, 1.82) is 0 Å². The number of hydrogen-bond acceptors (Lipinski definition) is 3. The number of aliphatic imine (C=N–C) groups is 1. The van der Waals surface area contributed by atoms with Crippen LogP contribution in [-0.4, -0.2) is 23.5 Å². The van der Waals surface area contributed by atoms with E-state index in [2.05, 4.69) is 24.2 Å². The fourth-order valence-corrected chi connectivity index (χ4v) is 3.35. The molecule has 1 heterocycles. The van der Waals surface area contributed by atoms with Crippen LogP contribution in [0.3, 0.4) is 0 Å². The van der Waals surface area contributed by atoms with Gasteiger partial charge in [-0.05, 0) is 31.1 Å². The zero-order valence-electron chi connectivity index (χ0n) is 9.83. The normalized spacial score (nSPS) is 26.6. The molecule has 0 saturated heterocycles. The summed E-state index contributed by atoms with van der Waals surface area (Å²) in [5, 5.41) is 5.43. The monoisotopic (exact) mass is 226 g/mol. The van der Waals surface area contributed by atoms with Crippen LogP contribution < -0.4 is 5.32 Å². The van der Waals surface area contributed by atoms with Crippen molar-refractivity contribution in [3.63, 3.8) is 0 Å². The van der Waals surface area contributed by atoms with E-state index < -0.39 is 0 Å². The van der Waals surface area contributed by atoms with Gasteiger partial charge < -0.3 is 5.32 Å². The molecule has 0 aromatic carbocycles. The van der Waals surface area contributed by atoms with E-state index in [9.17, 15) is 0 Å². The standard InChI is InChI=1S/C12H22N2S/c1-9(2)6-11-8-14-12(15-11)13-7-10-4-3-5-10/h9-11H,3-8H2,1-2H3,(H,13,14). The fraction of sp³-hybridized carbons (Fsp3) is 0.917. The third-order valence-corrected chi connectivity index (χ3v) is 4.39. The summed E-state index contributed by atoms with van der Waals surface area (Å²) in [5.41, 5.74) is 0. The summed E-state index contributed by atoms with van der Waals surface area (Å²) in [7, 11) is 0. The molecule has 1 aliphatic carbocycles. The van der Waals surface area contributed by atoms with Crippen LogP contribution >= 0.6 is 11.8 Å². The van der Waals surface area contributed by atoms with E-state index in [0.717, 1.165) is 30.2 Å². The van der Waals surface area contributed by atoms with Crippen LogP contribution in [0.25, 0.3) is 0 Å². The Morgan fingerprint density at radius 1 is 1.47 bits per heavy atom. The predicted octanol–water partition coefficient (Wildman–Crippen LogP) is 2.89. The molecule has 0 bridgehead atoms. The smallest absolute Gasteiger partial charge is 0.156 e. The molecule has 0 spiro atoms. The molecule has 1 saturated carbocycles. The topological polar surface area (TPSA) is 24.4 Å². The van der Waals surface area contributed by atoms with Crippen LogP contribution in [0.5, 0.6) is 0 Å². The Morgan fingerprint density at radius 2 is 2.27 bits per heavy atom. The number of rotatable bonds is 4. The Kier molecular flexibility index (Phi) is 3.95. The number of nitrogens with one attached hydrogen (secondary N) is 1. The van der Waals surface area contributed by atoms with Crippen molar-refractivity contribution >= 4 is 16.9 Å². The van der Waals surface area contributed by atoms with Gasteiger partial charge in [0.05, 0.1) is 6.54 Å². The maximum Gasteiger partial charge on any atom is 0.156 e. The van der Waals surface area contributed by atoms with E-state index >= 15 is 0 Å². The maximum absolute atomic E-state index is 4.57. The van der Waals surface area contributed by atoms with E-state index in [1.165, 1.54) is 30.9 Å². The number of hydrogen-bond donors (Lipinski definition) is 1. The second kappa shape index (κ2) is 5.24. The zero-order valence-corrected chi connectivity index (χ0v) is 10.6. The van der Waals surface area contributed by atoms with Gasteiger partial charge in [-0.2, -0.15) is 0 Å². The molecule has 2 rings (SSSR count). The number of thioether (sulfide) groups is 1. The fourth-order valence-electron chi connectivity index (χ4n) is 2.09. The van der Waals surface area contributed by atoms with Crippen LogP contribution in [0.15, 0.2) is 4.99 Å². The first-order chi connectivity index (χ1) is 7.24. The van der Waals surface area contributed by atoms with Gasteiger partial charge in [-0.3, -0.25) is 4.99 Å². The number of amidine groups is 1. The van der Waals surface area contributed by atoms with Crippen LogP contribution in [0.2, 0.25) is 0 Å². The van der Waals surface area contributed by atoms with Gasteiger partial charge in [0, 0.05) is 11.8 Å². The van der Waals surface area contributed by atoms with Crippen molar-refractivity contribution in [2.24, 2.45) is 16.8 Å². The molecular weight excluding hydrogens is 204 g/mol. The van der Waals surface area contributed by atoms with Crippen molar-refractivity contribution in [2.45, 2.75) is 44.8 Å². The first-order valence-corrected chi connectivity index (χ1v) is 7.07. The molecule has 1 unspecified atom stereocenters. The molecule has 15 heavy (non-hydrogen) atoms. The van der Waals surface area contributed by atoms with Gasteiger partial charge in [-0.1, -0.05) is 32.0 Å². The van der Waals surface area contributed by atoms with Gasteiger partial charge in [-0.25, -0.2) is 0 Å². The average Bonchev–Trinajstić information content (AvgIpc) is 2.48. The largest absolute Gasteiger partial charge is 0.365 e. The molecule has 1 fully saturated rings. The summed E-state index contributed by atoms with van der Waals surface area (Å²) in [5.74, 6) is 1.72. The molecule has 2 aliphatic rings. The average molecular weight is 226 g/mol. The Balaban J connectivity index is 1.63. The molecule has 1 atom stereocenters. The highest BCUT2D eigenvalue weighted by Crippen LogP contribution is 2.28. The Labute approximate surface area is 97.3 Å². The Bertz CT molecular complexity index is 234. The summed E-state index contributed by atoms with van der Waals surface area (Å²) < 4.78 is 0. The van der Waals surface area contributed by atoms with Crippen LogP contribution in [-0.2, 0) is 0 Å². The van der Waals surface area contributed by atoms with Crippen LogP contribution in [0, 0.1) is 11.8 Å². The Hall–Kier alpha value is -0.180. The molecule has 1 N–H and O–H groups in total. The minimum Gasteiger partial charge on any atom is -0.365 e. The first-order valence-electron chi connectivity index (χ1n) is 6.19. The van der Waals surface area contributed by atoms with Crippen LogP contribution in [0.4, 0.5) is 0 Å². The maximum atomic E-state index is 4.57. The zero-order chi connectivity index (χ0) is 10.7. The minimum atomic E-state index is 0.730. The predicted molar refractivity (Wildman–Crippen MR) is 68.5 cm³/mol. The van der Waals surface area contributed by atoms with Gasteiger partial charge >= 0.3 is 0 Å². The quantitative estimate of drug-likeness (QED) is 0.797. The summed E-state index contributed by atoms with van der Waals surface area (Å²) in [4.78, 5) is 4.57. The second-order valence-corrected chi connectivity index (χ2v) is 6.48. The van der Waals surface area contributed by atoms with Gasteiger partial charge in [0.1, 0.15) is 0 Å². The lowest BCUT2D eigenvalue weighted by molar-refractivity contribution is 0.316. The summed E-state index contributed by atoms with van der Waals surface area (Å²) in [6.07, 6.45) is 5.56. The molecule has 1 aliphatic heterocycles. The molecule has 0 radical (unpaired) electrons. The lowest BCUT2D eigenvalue weighted by Gasteiger charge is -2.25. The van der Waals surface area contributed by atoms with E-state index in [1.807, 2.05) is 11.8 Å². The summed E-state index contributed by atoms with van der Waals surface area (Å²) in [6.45, 7) is 6.76. The lowest BCUT2D eigenvalue weighted by Crippen LogP contribution is -2.30. The van der Waals surface area contributed by atoms with Crippen LogP contribution in [0.1, 0.15) is 39.5 Å². The van der Waals surface area contributed by atoms with Gasteiger partial charge in [0.15, 0.2) is 5.17 Å². The highest BCUT2D eigenvalue weighted by molar-refractivity contribution is 8.14. The number of nitrogens with zero attached hydrogens (tertiary/aromatic N) is 1. The van der Waals surface area contributed by atoms with E-state index in [1.54, 1.807) is 0 Å². The van der Waals surface area contributed by atoms with Crippen molar-refractivity contribution in [3.8, 4) is 0 Å². The first kappa shape index (κ1) is 11.3. The van der Waals surface area contributed by atoms with Gasteiger partial charge in [0.25, 0.3) is 0 Å². The molecule has 3 heteroatoms. The van der Waals surface area contributed by atoms with E-state index in [0.29, 0.717) is 0 Å². The minimum absolute atomic E-state index is 0.730. The lowest BCUT2D eigenvalue weighted by atomic mass is 9.86. The highest BCUT2D eigenvalue weighted by atomic mass is 32.2. The third-order valence-electron chi connectivity index (χ3n) is 3.22.